The zero-order chi connectivity index (χ0) is 17.9. The van der Waals surface area contributed by atoms with Gasteiger partial charge in [-0.2, -0.15) is 17.0 Å². The van der Waals surface area contributed by atoms with Crippen LogP contribution in [0.4, 0.5) is 0 Å². The maximum absolute atomic E-state index is 12.3. The van der Waals surface area contributed by atoms with Crippen LogP contribution in [0.5, 0.6) is 5.75 Å². The van der Waals surface area contributed by atoms with Crippen molar-refractivity contribution < 1.29 is 4.74 Å². The maximum atomic E-state index is 12.3. The molecule has 1 aromatic heterocycles. The number of nitriles is 1. The summed E-state index contributed by atoms with van der Waals surface area (Å²) in [5.41, 5.74) is 3.08. The molecule has 1 aromatic carbocycles. The first-order valence-corrected chi connectivity index (χ1v) is 10.4. The largest absolute Gasteiger partial charge is 0.490 e. The predicted molar refractivity (Wildman–Crippen MR) is 112 cm³/mol. The number of rotatable bonds is 4. The highest BCUT2D eigenvalue weighted by molar-refractivity contribution is 7.98. The number of H-pyrrole nitrogens is 1. The number of aryl methyl sites for hydroxylation is 1. The molecular weight excluding hydrogens is 382 g/mol. The molecule has 7 heteroatoms. The zero-order valence-corrected chi connectivity index (χ0v) is 16.8. The number of piperidine rings is 1. The Balaban J connectivity index is 0.00000210. The Bertz CT molecular complexity index is 900. The third-order valence-electron chi connectivity index (χ3n) is 5.32. The zero-order valence-electron chi connectivity index (χ0n) is 15.2. The number of hydrogen-bond acceptors (Lipinski definition) is 5. The molecule has 3 heterocycles. The molecule has 0 aliphatic carbocycles. The average Bonchev–Trinajstić information content (AvgIpc) is 2.68. The molecule has 0 radical (unpaired) electrons. The molecule has 1 fully saturated rings. The Morgan fingerprint density at radius 3 is 2.89 bits per heavy atom. The fourth-order valence-electron chi connectivity index (χ4n) is 3.89. The minimum atomic E-state index is 0. The van der Waals surface area contributed by atoms with Crippen molar-refractivity contribution in [3.8, 4) is 11.8 Å². The smallest absolute Gasteiger partial charge is 0.252 e. The fourth-order valence-corrected chi connectivity index (χ4v) is 4.89. The third-order valence-corrected chi connectivity index (χ3v) is 6.31. The van der Waals surface area contributed by atoms with Gasteiger partial charge in [-0.25, -0.2) is 0 Å². The molecule has 2 aliphatic heterocycles. The number of fused-ring (bicyclic) bond motifs is 3. The lowest BCUT2D eigenvalue weighted by Gasteiger charge is -2.31. The lowest BCUT2D eigenvalue weighted by atomic mass is 10.0. The van der Waals surface area contributed by atoms with Crippen LogP contribution in [0.2, 0.25) is 0 Å². The molecule has 1 saturated heterocycles. The summed E-state index contributed by atoms with van der Waals surface area (Å²) in [6, 6.07) is 8.24. The number of aromatic amines is 1. The van der Waals surface area contributed by atoms with Gasteiger partial charge in [0.15, 0.2) is 0 Å². The van der Waals surface area contributed by atoms with Crippen LogP contribution in [0.3, 0.4) is 0 Å². The highest BCUT2D eigenvalue weighted by Gasteiger charge is 2.21. The SMILES string of the molecule is Cl.N#CCCN1CCC(Oc2ccc3[nH]c(=O)c4c(c3c2)CCSC4)CC1. The summed E-state index contributed by atoms with van der Waals surface area (Å²) in [5, 5.41) is 9.84. The molecule has 0 amide bonds. The van der Waals surface area contributed by atoms with Crippen LogP contribution in [0, 0.1) is 11.3 Å². The number of hydrogen-bond donors (Lipinski definition) is 1. The summed E-state index contributed by atoms with van der Waals surface area (Å²) < 4.78 is 6.25. The number of benzene rings is 1. The summed E-state index contributed by atoms with van der Waals surface area (Å²) in [4.78, 5) is 17.6. The van der Waals surface area contributed by atoms with Crippen molar-refractivity contribution in [2.75, 3.05) is 25.4 Å². The quantitative estimate of drug-likeness (QED) is 0.843. The number of aromatic nitrogens is 1. The summed E-state index contributed by atoms with van der Waals surface area (Å²) >= 11 is 1.82. The van der Waals surface area contributed by atoms with Gasteiger partial charge >= 0.3 is 0 Å². The predicted octanol–water partition coefficient (Wildman–Crippen LogP) is 3.50. The number of pyridine rings is 1. The van der Waals surface area contributed by atoms with Crippen molar-refractivity contribution in [2.24, 2.45) is 0 Å². The molecule has 0 unspecified atom stereocenters. The first-order valence-electron chi connectivity index (χ1n) is 9.26. The van der Waals surface area contributed by atoms with Gasteiger partial charge in [0.25, 0.3) is 5.56 Å². The first kappa shape index (κ1) is 20.1. The van der Waals surface area contributed by atoms with E-state index in [1.165, 1.54) is 5.56 Å². The average molecular weight is 406 g/mol. The number of likely N-dealkylation sites (tertiary alicyclic amines) is 1. The molecule has 5 nitrogen and oxygen atoms in total. The second-order valence-electron chi connectivity index (χ2n) is 6.99. The second-order valence-corrected chi connectivity index (χ2v) is 8.09. The Morgan fingerprint density at radius 1 is 1.30 bits per heavy atom. The van der Waals surface area contributed by atoms with Gasteiger partial charge in [-0.15, -0.1) is 12.4 Å². The summed E-state index contributed by atoms with van der Waals surface area (Å²) in [5.74, 6) is 2.76. The van der Waals surface area contributed by atoms with Gasteiger partial charge in [-0.3, -0.25) is 4.79 Å². The van der Waals surface area contributed by atoms with Crippen LogP contribution >= 0.6 is 24.2 Å². The van der Waals surface area contributed by atoms with Crippen LogP contribution in [0.15, 0.2) is 23.0 Å². The number of thioether (sulfide) groups is 1. The van der Waals surface area contributed by atoms with E-state index in [1.807, 2.05) is 23.9 Å². The fraction of sp³-hybridized carbons (Fsp3) is 0.500. The van der Waals surface area contributed by atoms with E-state index < -0.39 is 0 Å². The van der Waals surface area contributed by atoms with Crippen LogP contribution in [0.1, 0.15) is 30.4 Å². The number of ether oxygens (including phenoxy) is 1. The van der Waals surface area contributed by atoms with Crippen molar-refractivity contribution in [2.45, 2.75) is 37.5 Å². The highest BCUT2D eigenvalue weighted by Crippen LogP contribution is 2.30. The molecule has 0 spiro atoms. The van der Waals surface area contributed by atoms with Crippen molar-refractivity contribution in [3.63, 3.8) is 0 Å². The van der Waals surface area contributed by atoms with Gasteiger partial charge in [0.2, 0.25) is 0 Å². The normalized spacial score (nSPS) is 17.7. The van der Waals surface area contributed by atoms with Gasteiger partial charge in [0, 0.05) is 48.3 Å². The minimum absolute atomic E-state index is 0. The molecule has 2 aliphatic rings. The van der Waals surface area contributed by atoms with Crippen molar-refractivity contribution in [1.82, 2.24) is 9.88 Å². The van der Waals surface area contributed by atoms with Gasteiger partial charge < -0.3 is 14.6 Å². The highest BCUT2D eigenvalue weighted by atomic mass is 35.5. The van der Waals surface area contributed by atoms with Crippen molar-refractivity contribution >= 4 is 35.1 Å². The topological polar surface area (TPSA) is 69.1 Å². The van der Waals surface area contributed by atoms with E-state index in [9.17, 15) is 4.79 Å². The second kappa shape index (κ2) is 9.01. The molecule has 0 saturated carbocycles. The molecule has 1 N–H and O–H groups in total. The summed E-state index contributed by atoms with van der Waals surface area (Å²) in [6.45, 7) is 2.83. The molecule has 4 rings (SSSR count). The third kappa shape index (κ3) is 4.43. The number of nitrogens with zero attached hydrogens (tertiary/aromatic N) is 2. The maximum Gasteiger partial charge on any atom is 0.252 e. The Labute approximate surface area is 169 Å². The molecular formula is C20H24ClN3O2S. The van der Waals surface area contributed by atoms with Gasteiger partial charge in [-0.1, -0.05) is 0 Å². The van der Waals surface area contributed by atoms with Crippen LogP contribution < -0.4 is 10.3 Å². The Hall–Kier alpha value is -1.68. The molecule has 2 aromatic rings. The lowest BCUT2D eigenvalue weighted by molar-refractivity contribution is 0.102. The Kier molecular flexibility index (Phi) is 6.69. The van der Waals surface area contributed by atoms with Crippen molar-refractivity contribution in [3.05, 3.63) is 39.7 Å². The molecule has 0 atom stereocenters. The first-order chi connectivity index (χ1) is 12.7. The van der Waals surface area contributed by atoms with E-state index in [4.69, 9.17) is 10.00 Å². The molecule has 0 bridgehead atoms. The monoisotopic (exact) mass is 405 g/mol. The Morgan fingerprint density at radius 2 is 2.11 bits per heavy atom. The molecule has 27 heavy (non-hydrogen) atoms. The van der Waals surface area contributed by atoms with E-state index in [0.29, 0.717) is 6.42 Å². The number of nitrogens with one attached hydrogen (secondary N) is 1. The van der Waals surface area contributed by atoms with Crippen molar-refractivity contribution in [1.29, 1.82) is 5.26 Å². The molecule has 144 valence electrons. The van der Waals surface area contributed by atoms with Crippen LogP contribution in [-0.2, 0) is 12.2 Å². The lowest BCUT2D eigenvalue weighted by Crippen LogP contribution is -2.38. The van der Waals surface area contributed by atoms with Gasteiger partial charge in [-0.05, 0) is 48.8 Å². The van der Waals surface area contributed by atoms with E-state index in [-0.39, 0.29) is 24.1 Å². The van der Waals surface area contributed by atoms with Gasteiger partial charge in [0.05, 0.1) is 6.07 Å². The van der Waals surface area contributed by atoms with E-state index >= 15 is 0 Å². The van der Waals surface area contributed by atoms with Gasteiger partial charge in [0.1, 0.15) is 11.9 Å². The van der Waals surface area contributed by atoms with E-state index in [1.54, 1.807) is 0 Å². The minimum Gasteiger partial charge on any atom is -0.490 e. The van der Waals surface area contributed by atoms with Crippen LogP contribution in [-0.4, -0.2) is 41.4 Å². The van der Waals surface area contributed by atoms with Crippen LogP contribution in [0.25, 0.3) is 10.9 Å². The standard InChI is InChI=1S/C20H23N3O2S.ClH/c21-7-1-8-23-9-4-14(5-10-23)25-15-2-3-19-17(12-15)16-6-11-26-13-18(16)20(24)22-19;/h2-3,12,14H,1,4-6,8-11,13H2,(H,22,24);1H. The number of halogens is 1. The summed E-state index contributed by atoms with van der Waals surface area (Å²) in [6.07, 6.45) is 3.74. The van der Waals surface area contributed by atoms with E-state index in [0.717, 1.165) is 72.6 Å². The van der Waals surface area contributed by atoms with E-state index in [2.05, 4.69) is 22.0 Å². The summed E-state index contributed by atoms with van der Waals surface area (Å²) in [7, 11) is 0.